The smallest absolute Gasteiger partial charge is 0.135 e. The van der Waals surface area contributed by atoms with Gasteiger partial charge in [0.25, 0.3) is 0 Å². The number of fused-ring (bicyclic) bond motifs is 5. The van der Waals surface area contributed by atoms with Crippen LogP contribution in [0, 0.1) is 0 Å². The number of rotatable bonds is 6. The molecule has 4 heteroatoms. The van der Waals surface area contributed by atoms with E-state index in [4.69, 9.17) is 0 Å². The van der Waals surface area contributed by atoms with Gasteiger partial charge in [0.05, 0.1) is 0 Å². The van der Waals surface area contributed by atoms with E-state index in [1.165, 1.54) is 71.5 Å². The van der Waals surface area contributed by atoms with Gasteiger partial charge in [0.15, 0.2) is 16.1 Å². The zero-order valence-electron chi connectivity index (χ0n) is 28.4. The van der Waals surface area contributed by atoms with E-state index in [1.807, 2.05) is 23.1 Å². The van der Waals surface area contributed by atoms with Gasteiger partial charge in [-0.25, -0.2) is 0 Å². The quantitative estimate of drug-likeness (QED) is 0.128. The Morgan fingerprint density at radius 3 is 1.56 bits per heavy atom. The maximum atomic E-state index is 2.65. The Morgan fingerprint density at radius 2 is 0.885 bits per heavy atom. The molecular formula is C48H34S2Si2. The van der Waals surface area contributed by atoms with Gasteiger partial charge in [-0.3, -0.25) is 0 Å². The monoisotopic (exact) mass is 730 g/mol. The van der Waals surface area contributed by atoms with Gasteiger partial charge in [-0.15, -0.1) is 11.3 Å². The van der Waals surface area contributed by atoms with Crippen LogP contribution in [0.5, 0.6) is 0 Å². The zero-order valence-corrected chi connectivity index (χ0v) is 32.1. The molecule has 0 spiro atoms. The van der Waals surface area contributed by atoms with Gasteiger partial charge in [0.2, 0.25) is 0 Å². The Labute approximate surface area is 315 Å². The van der Waals surface area contributed by atoms with Crippen LogP contribution >= 0.6 is 23.1 Å². The lowest BCUT2D eigenvalue weighted by molar-refractivity contribution is 1.42. The molecule has 0 radical (unpaired) electrons. The maximum absolute atomic E-state index is 2.91. The molecule has 9 aromatic rings. The Kier molecular flexibility index (Phi) is 7.73. The molecule has 0 bridgehead atoms. The number of hydrogen-bond donors (Lipinski definition) is 0. The van der Waals surface area contributed by atoms with Crippen molar-refractivity contribution in [3.8, 4) is 0 Å². The van der Waals surface area contributed by atoms with E-state index in [1.54, 1.807) is 0 Å². The molecule has 0 saturated heterocycles. The second kappa shape index (κ2) is 12.8. The minimum atomic E-state index is -2.91. The van der Waals surface area contributed by atoms with E-state index in [0.717, 1.165) is 0 Å². The molecule has 0 amide bonds. The molecule has 0 saturated carbocycles. The molecule has 8 aromatic carbocycles. The van der Waals surface area contributed by atoms with Crippen LogP contribution < -0.4 is 41.5 Å². The lowest BCUT2D eigenvalue weighted by atomic mass is 10.1. The molecule has 10 rings (SSSR count). The Bertz CT molecular complexity index is 2640. The van der Waals surface area contributed by atoms with E-state index in [9.17, 15) is 0 Å². The first-order valence-electron chi connectivity index (χ1n) is 17.8. The molecule has 1 aliphatic rings. The fourth-order valence-corrected chi connectivity index (χ4v) is 22.6. The fraction of sp³-hybridized carbons (Fsp3) is 0. The van der Waals surface area contributed by atoms with E-state index in [2.05, 4.69) is 206 Å². The highest BCUT2D eigenvalue weighted by atomic mass is 32.2. The van der Waals surface area contributed by atoms with Gasteiger partial charge < -0.3 is 0 Å². The van der Waals surface area contributed by atoms with Crippen LogP contribution in [-0.2, 0) is 0 Å². The third-order valence-corrected chi connectivity index (χ3v) is 23.5. The summed E-state index contributed by atoms with van der Waals surface area (Å²) in [7, 11) is -5.68. The number of benzene rings is 8. The molecular weight excluding hydrogens is 697 g/mol. The molecule has 52 heavy (non-hydrogen) atoms. The third kappa shape index (κ3) is 4.65. The average Bonchev–Trinajstić information content (AvgIpc) is 3.61. The summed E-state index contributed by atoms with van der Waals surface area (Å²) in [6.07, 6.45) is 0. The molecule has 246 valence electrons. The highest BCUT2D eigenvalue weighted by Gasteiger charge is 2.49. The van der Waals surface area contributed by atoms with Gasteiger partial charge in [0, 0.05) is 30.0 Å². The Morgan fingerprint density at radius 1 is 0.385 bits per heavy atom. The van der Waals surface area contributed by atoms with Crippen molar-refractivity contribution in [1.29, 1.82) is 0 Å². The van der Waals surface area contributed by atoms with Gasteiger partial charge >= 0.3 is 0 Å². The van der Waals surface area contributed by atoms with Gasteiger partial charge in [0.1, 0.15) is 0 Å². The minimum absolute atomic E-state index is 1.34. The number of thiophene rings is 1. The van der Waals surface area contributed by atoms with Gasteiger partial charge in [-0.2, -0.15) is 0 Å². The van der Waals surface area contributed by atoms with Crippen LogP contribution in [-0.4, -0.2) is 16.1 Å². The summed E-state index contributed by atoms with van der Waals surface area (Å²) in [6.45, 7) is 0. The van der Waals surface area contributed by atoms with Crippen LogP contribution in [0.15, 0.2) is 216 Å². The minimum Gasteiger partial charge on any atom is -0.135 e. The van der Waals surface area contributed by atoms with Crippen LogP contribution in [0.4, 0.5) is 0 Å². The molecule has 0 unspecified atom stereocenters. The van der Waals surface area contributed by atoms with Crippen molar-refractivity contribution >= 4 is 101 Å². The van der Waals surface area contributed by atoms with Crippen molar-refractivity contribution in [2.75, 3.05) is 0 Å². The molecule has 2 heterocycles. The first-order chi connectivity index (χ1) is 25.8. The van der Waals surface area contributed by atoms with Crippen LogP contribution in [0.2, 0.25) is 0 Å². The molecule has 1 aliphatic heterocycles. The maximum Gasteiger partial charge on any atom is 0.181 e. The predicted molar refractivity (Wildman–Crippen MR) is 231 cm³/mol. The third-order valence-electron chi connectivity index (χ3n) is 11.0. The Balaban J connectivity index is 1.36. The highest BCUT2D eigenvalue weighted by molar-refractivity contribution is 8.00. The second-order valence-corrected chi connectivity index (χ2v) is 23.2. The van der Waals surface area contributed by atoms with E-state index >= 15 is 0 Å². The van der Waals surface area contributed by atoms with Crippen molar-refractivity contribution in [2.45, 2.75) is 9.79 Å². The van der Waals surface area contributed by atoms with Crippen LogP contribution in [0.3, 0.4) is 0 Å². The van der Waals surface area contributed by atoms with Crippen molar-refractivity contribution in [3.05, 3.63) is 206 Å². The van der Waals surface area contributed by atoms with Crippen molar-refractivity contribution in [2.24, 2.45) is 0 Å². The van der Waals surface area contributed by atoms with Crippen LogP contribution in [0.25, 0.3) is 20.2 Å². The molecule has 1 aromatic heterocycles. The normalized spacial score (nSPS) is 13.5. The van der Waals surface area contributed by atoms with E-state index in [-0.39, 0.29) is 0 Å². The summed E-state index contributed by atoms with van der Waals surface area (Å²) in [4.78, 5) is 2.73. The molecule has 0 nitrogen and oxygen atoms in total. The van der Waals surface area contributed by atoms with Crippen molar-refractivity contribution in [3.63, 3.8) is 0 Å². The lowest BCUT2D eigenvalue weighted by Gasteiger charge is -2.41. The largest absolute Gasteiger partial charge is 0.181 e. The van der Waals surface area contributed by atoms with Gasteiger partial charge in [-0.05, 0) is 59.7 Å². The SMILES string of the molecule is c1ccc([Si]2(c3cccc([Si](c4ccccc4)(c4ccccc4)c4cccc5c4sc4ccccc45)c3)c3ccccc3Sc3ccccc32)cc1. The molecule has 0 atom stereocenters. The summed E-state index contributed by atoms with van der Waals surface area (Å²) in [5, 5.41) is 14.2. The summed E-state index contributed by atoms with van der Waals surface area (Å²) in [5.41, 5.74) is 0. The summed E-state index contributed by atoms with van der Waals surface area (Å²) >= 11 is 3.87. The van der Waals surface area contributed by atoms with Crippen LogP contribution in [0.1, 0.15) is 0 Å². The second-order valence-electron chi connectivity index (χ2n) is 13.6. The molecule has 0 N–H and O–H groups in total. The average molecular weight is 731 g/mol. The lowest BCUT2D eigenvalue weighted by Crippen LogP contribution is -2.78. The number of hydrogen-bond acceptors (Lipinski definition) is 2. The summed E-state index contributed by atoms with van der Waals surface area (Å²) in [6, 6.07) is 78.6. The van der Waals surface area contributed by atoms with Gasteiger partial charge in [-0.1, -0.05) is 200 Å². The topological polar surface area (TPSA) is 0 Å². The first-order valence-corrected chi connectivity index (χ1v) is 23.5. The predicted octanol–water partition coefficient (Wildman–Crippen LogP) is 7.27. The first kappa shape index (κ1) is 31.5. The van der Waals surface area contributed by atoms with Crippen molar-refractivity contribution in [1.82, 2.24) is 0 Å². The van der Waals surface area contributed by atoms with E-state index < -0.39 is 16.1 Å². The Hall–Kier alpha value is -5.24. The highest BCUT2D eigenvalue weighted by Crippen LogP contribution is 2.35. The van der Waals surface area contributed by atoms with E-state index in [0.29, 0.717) is 0 Å². The fourth-order valence-electron chi connectivity index (χ4n) is 8.84. The standard InChI is InChI=1S/C48H34S2Si2/c1-4-18-35(19-5-1)51(36-20-6-2-7-21-36,47-33-17-27-41-40-26-10-11-28-42(40)50-48(41)47)38-24-16-25-39(34-38)52(37-22-8-3-9-23-37)45-31-14-12-29-43(45)49-44-30-13-15-32-46(44)52/h1-34H. The van der Waals surface area contributed by atoms with Crippen molar-refractivity contribution < 1.29 is 0 Å². The zero-order chi connectivity index (χ0) is 34.5. The summed E-state index contributed by atoms with van der Waals surface area (Å²) in [5.74, 6) is 0. The molecule has 0 fully saturated rings. The summed E-state index contributed by atoms with van der Waals surface area (Å²) < 4.78 is 2.74. The molecule has 0 aliphatic carbocycles.